The number of carbonyl (C=O) groups is 2. The van der Waals surface area contributed by atoms with Crippen LogP contribution in [0.1, 0.15) is 48.0 Å². The highest BCUT2D eigenvalue weighted by molar-refractivity contribution is 9.10. The number of hydrogen-bond donors (Lipinski definition) is 1. The van der Waals surface area contributed by atoms with Crippen molar-refractivity contribution >= 4 is 27.7 Å². The van der Waals surface area contributed by atoms with Gasteiger partial charge in [-0.3, -0.25) is 9.59 Å². The maximum atomic E-state index is 12.8. The third-order valence-electron chi connectivity index (χ3n) is 6.20. The Morgan fingerprint density at radius 3 is 2.88 bits per heavy atom. The molecule has 3 atom stereocenters. The minimum atomic E-state index is -0.0640. The summed E-state index contributed by atoms with van der Waals surface area (Å²) >= 11 is 3.51. The first kappa shape index (κ1) is 15.8. The Labute approximate surface area is 155 Å². The largest absolute Gasteiger partial charge is 0.373 e. The molecule has 132 valence electrons. The van der Waals surface area contributed by atoms with Crippen LogP contribution in [-0.4, -0.2) is 48.1 Å². The Kier molecular flexibility index (Phi) is 3.51. The molecule has 0 radical (unpaired) electrons. The molecule has 5 nitrogen and oxygen atoms in total. The van der Waals surface area contributed by atoms with Crippen molar-refractivity contribution in [3.63, 3.8) is 0 Å². The number of benzene rings is 1. The van der Waals surface area contributed by atoms with Gasteiger partial charge in [0.05, 0.1) is 24.8 Å². The van der Waals surface area contributed by atoms with Gasteiger partial charge >= 0.3 is 0 Å². The average molecular weight is 405 g/mol. The van der Waals surface area contributed by atoms with E-state index in [1.165, 1.54) is 0 Å². The molecule has 3 heterocycles. The summed E-state index contributed by atoms with van der Waals surface area (Å²) in [6, 6.07) is 5.98. The Balaban J connectivity index is 1.31. The zero-order valence-electron chi connectivity index (χ0n) is 14.0. The molecule has 2 bridgehead atoms. The summed E-state index contributed by atoms with van der Waals surface area (Å²) in [7, 11) is 0. The summed E-state index contributed by atoms with van der Waals surface area (Å²) in [6.45, 7) is 0.792. The summed E-state index contributed by atoms with van der Waals surface area (Å²) in [4.78, 5) is 27.1. The van der Waals surface area contributed by atoms with Gasteiger partial charge in [0, 0.05) is 22.0 Å². The molecule has 1 aromatic rings. The average Bonchev–Trinajstić information content (AvgIpc) is 3.04. The van der Waals surface area contributed by atoms with Gasteiger partial charge in [-0.1, -0.05) is 15.9 Å². The molecule has 3 aliphatic heterocycles. The maximum Gasteiger partial charge on any atom is 0.254 e. The molecular weight excluding hydrogens is 384 g/mol. The van der Waals surface area contributed by atoms with Crippen molar-refractivity contribution in [2.45, 2.75) is 55.8 Å². The second-order valence-corrected chi connectivity index (χ2v) is 8.83. The van der Waals surface area contributed by atoms with Crippen LogP contribution in [0.15, 0.2) is 22.7 Å². The molecule has 1 N–H and O–H groups in total. The van der Waals surface area contributed by atoms with Crippen molar-refractivity contribution in [1.29, 1.82) is 0 Å². The van der Waals surface area contributed by atoms with E-state index in [4.69, 9.17) is 4.74 Å². The van der Waals surface area contributed by atoms with Crippen LogP contribution in [0.3, 0.4) is 0 Å². The van der Waals surface area contributed by atoms with Gasteiger partial charge < -0.3 is 15.0 Å². The van der Waals surface area contributed by atoms with Gasteiger partial charge in [-0.15, -0.1) is 0 Å². The number of carbonyl (C=O) groups excluding carboxylic acids is 2. The normalized spacial score (nSPS) is 31.3. The van der Waals surface area contributed by atoms with Crippen molar-refractivity contribution in [3.05, 3.63) is 33.8 Å². The van der Waals surface area contributed by atoms with Crippen LogP contribution in [0, 0.1) is 0 Å². The zero-order valence-corrected chi connectivity index (χ0v) is 15.5. The minimum absolute atomic E-state index is 0.0284. The van der Waals surface area contributed by atoms with E-state index in [-0.39, 0.29) is 35.9 Å². The SMILES string of the molecule is O=C(CN1CC2(CC2)c2cc(Br)ccc2C1=O)N[C@@H]1C[C@H]2CC[C@@H]1O2. The summed E-state index contributed by atoms with van der Waals surface area (Å²) in [5.41, 5.74) is 1.95. The lowest BCUT2D eigenvalue weighted by atomic mass is 9.86. The third kappa shape index (κ3) is 2.61. The van der Waals surface area contributed by atoms with E-state index in [1.807, 2.05) is 12.1 Å². The van der Waals surface area contributed by atoms with E-state index in [2.05, 4.69) is 27.3 Å². The highest BCUT2D eigenvalue weighted by Crippen LogP contribution is 2.52. The lowest BCUT2D eigenvalue weighted by Crippen LogP contribution is -2.50. The van der Waals surface area contributed by atoms with Crippen molar-refractivity contribution in [2.24, 2.45) is 0 Å². The Morgan fingerprint density at radius 1 is 1.36 bits per heavy atom. The molecule has 3 fully saturated rings. The van der Waals surface area contributed by atoms with Gasteiger partial charge in [0.15, 0.2) is 0 Å². The highest BCUT2D eigenvalue weighted by Gasteiger charge is 2.51. The lowest BCUT2D eigenvalue weighted by Gasteiger charge is -2.35. The fourth-order valence-corrected chi connectivity index (χ4v) is 5.12. The Hall–Kier alpha value is -1.40. The second-order valence-electron chi connectivity index (χ2n) is 7.92. The second kappa shape index (κ2) is 5.55. The topological polar surface area (TPSA) is 58.6 Å². The molecule has 1 aromatic carbocycles. The number of nitrogens with zero attached hydrogens (tertiary/aromatic N) is 1. The fourth-order valence-electron chi connectivity index (χ4n) is 4.76. The summed E-state index contributed by atoms with van der Waals surface area (Å²) in [5, 5.41) is 3.09. The van der Waals surface area contributed by atoms with Crippen molar-refractivity contribution in [3.8, 4) is 0 Å². The predicted octanol–water partition coefficient (Wildman–Crippen LogP) is 2.37. The number of amides is 2. The van der Waals surface area contributed by atoms with Gasteiger partial charge in [0.1, 0.15) is 0 Å². The molecule has 0 unspecified atom stereocenters. The van der Waals surface area contributed by atoms with Crippen LogP contribution in [-0.2, 0) is 14.9 Å². The molecule has 1 saturated carbocycles. The van der Waals surface area contributed by atoms with Crippen molar-refractivity contribution in [1.82, 2.24) is 10.2 Å². The molecular formula is C19H21BrN2O3. The molecule has 25 heavy (non-hydrogen) atoms. The van der Waals surface area contributed by atoms with Gasteiger partial charge in [-0.25, -0.2) is 0 Å². The quantitative estimate of drug-likeness (QED) is 0.840. The van der Waals surface area contributed by atoms with Crippen LogP contribution >= 0.6 is 15.9 Å². The molecule has 0 aromatic heterocycles. The van der Waals surface area contributed by atoms with E-state index >= 15 is 0 Å². The maximum absolute atomic E-state index is 12.8. The minimum Gasteiger partial charge on any atom is -0.373 e. The van der Waals surface area contributed by atoms with Crippen molar-refractivity contribution in [2.75, 3.05) is 13.1 Å². The smallest absolute Gasteiger partial charge is 0.254 e. The molecule has 2 saturated heterocycles. The van der Waals surface area contributed by atoms with Crippen LogP contribution in [0.4, 0.5) is 0 Å². The lowest BCUT2D eigenvalue weighted by molar-refractivity contribution is -0.123. The van der Waals surface area contributed by atoms with Gasteiger partial charge in [-0.2, -0.15) is 0 Å². The molecule has 5 rings (SSSR count). The summed E-state index contributed by atoms with van der Waals surface area (Å²) < 4.78 is 6.81. The molecule has 6 heteroatoms. The number of hydrogen-bond acceptors (Lipinski definition) is 3. The third-order valence-corrected chi connectivity index (χ3v) is 6.70. The van der Waals surface area contributed by atoms with Crippen LogP contribution in [0.25, 0.3) is 0 Å². The first-order valence-electron chi connectivity index (χ1n) is 9.08. The molecule has 1 spiro atoms. The molecule has 4 aliphatic rings. The van der Waals surface area contributed by atoms with E-state index < -0.39 is 0 Å². The number of halogens is 1. The predicted molar refractivity (Wildman–Crippen MR) is 95.4 cm³/mol. The summed E-state index contributed by atoms with van der Waals surface area (Å²) in [6.07, 6.45) is 5.70. The van der Waals surface area contributed by atoms with Gasteiger partial charge in [-0.05, 0) is 55.9 Å². The van der Waals surface area contributed by atoms with Crippen LogP contribution in [0.5, 0.6) is 0 Å². The van der Waals surface area contributed by atoms with Gasteiger partial charge in [0.2, 0.25) is 5.91 Å². The number of fused-ring (bicyclic) bond motifs is 4. The van der Waals surface area contributed by atoms with Crippen LogP contribution < -0.4 is 5.32 Å². The van der Waals surface area contributed by atoms with Crippen LogP contribution in [0.2, 0.25) is 0 Å². The number of ether oxygens (including phenoxy) is 1. The monoisotopic (exact) mass is 404 g/mol. The van der Waals surface area contributed by atoms with E-state index in [9.17, 15) is 9.59 Å². The number of nitrogens with one attached hydrogen (secondary N) is 1. The summed E-state index contributed by atoms with van der Waals surface area (Å²) in [5.74, 6) is -0.0924. The zero-order chi connectivity index (χ0) is 17.2. The van der Waals surface area contributed by atoms with Crippen molar-refractivity contribution < 1.29 is 14.3 Å². The molecule has 2 amide bonds. The Bertz CT molecular complexity index is 761. The van der Waals surface area contributed by atoms with E-state index in [1.54, 1.807) is 4.90 Å². The fraction of sp³-hybridized carbons (Fsp3) is 0.579. The van der Waals surface area contributed by atoms with E-state index in [0.717, 1.165) is 47.7 Å². The number of rotatable bonds is 3. The first-order chi connectivity index (χ1) is 12.0. The highest BCUT2D eigenvalue weighted by atomic mass is 79.9. The first-order valence-corrected chi connectivity index (χ1v) is 9.87. The van der Waals surface area contributed by atoms with Gasteiger partial charge in [0.25, 0.3) is 5.91 Å². The van der Waals surface area contributed by atoms with E-state index in [0.29, 0.717) is 12.6 Å². The molecule has 1 aliphatic carbocycles. The standard InChI is InChI=1S/C19H21BrN2O3/c20-11-1-3-13-14(7-11)19(5-6-19)10-22(18(13)24)9-17(23)21-15-8-12-2-4-16(15)25-12/h1,3,7,12,15-16H,2,4-6,8-10H2,(H,21,23)/t12-,15-,16+/m1/s1. The Morgan fingerprint density at radius 2 is 2.20 bits per heavy atom.